The predicted molar refractivity (Wildman–Crippen MR) is 92.8 cm³/mol. The van der Waals surface area contributed by atoms with Crippen molar-refractivity contribution in [2.24, 2.45) is 0 Å². The van der Waals surface area contributed by atoms with Crippen molar-refractivity contribution in [1.82, 2.24) is 5.32 Å². The van der Waals surface area contributed by atoms with Crippen molar-refractivity contribution in [3.63, 3.8) is 0 Å². The summed E-state index contributed by atoms with van der Waals surface area (Å²) in [5.74, 6) is -1.05. The topological polar surface area (TPSA) is 98.8 Å². The third kappa shape index (κ3) is 3.83. The van der Waals surface area contributed by atoms with Crippen LogP contribution in [0.3, 0.4) is 0 Å². The Labute approximate surface area is 148 Å². The van der Waals surface area contributed by atoms with Gasteiger partial charge >= 0.3 is 5.97 Å². The first-order valence-corrected chi connectivity index (χ1v) is 7.98. The number of carbonyl (C=O) groups is 2. The molecule has 3 rings (SSSR count). The second kappa shape index (κ2) is 7.26. The van der Waals surface area contributed by atoms with Crippen molar-refractivity contribution in [1.29, 1.82) is 0 Å². The molecule has 7 heteroatoms. The SMILES string of the molecule is Cc1ccc2oc(C(=O)OCC(=O)N[C@@H](C)c3ccco3)cc(=O)c2c1. The highest BCUT2D eigenvalue weighted by molar-refractivity contribution is 5.90. The van der Waals surface area contributed by atoms with E-state index in [9.17, 15) is 14.4 Å². The van der Waals surface area contributed by atoms with Gasteiger partial charge in [-0.15, -0.1) is 0 Å². The van der Waals surface area contributed by atoms with Crippen LogP contribution in [0.15, 0.2) is 56.3 Å². The molecule has 0 spiro atoms. The Kier molecular flexibility index (Phi) is 4.88. The third-order valence-electron chi connectivity index (χ3n) is 3.77. The molecule has 0 saturated heterocycles. The van der Waals surface area contributed by atoms with Gasteiger partial charge < -0.3 is 18.9 Å². The number of hydrogen-bond acceptors (Lipinski definition) is 6. The van der Waals surface area contributed by atoms with Crippen molar-refractivity contribution >= 4 is 22.8 Å². The van der Waals surface area contributed by atoms with Crippen molar-refractivity contribution in [2.75, 3.05) is 6.61 Å². The van der Waals surface area contributed by atoms with Gasteiger partial charge in [-0.1, -0.05) is 11.6 Å². The Balaban J connectivity index is 1.65. The Hall–Kier alpha value is -3.35. The van der Waals surface area contributed by atoms with Gasteiger partial charge in [-0.25, -0.2) is 4.79 Å². The molecule has 0 bridgehead atoms. The summed E-state index contributed by atoms with van der Waals surface area (Å²) in [5, 5.41) is 3.02. The van der Waals surface area contributed by atoms with Crippen LogP contribution in [0.4, 0.5) is 0 Å². The molecule has 1 amide bonds. The van der Waals surface area contributed by atoms with Crippen LogP contribution in [-0.4, -0.2) is 18.5 Å². The standard InChI is InChI=1S/C19H17NO6/c1-11-5-6-16-13(8-11)14(21)9-17(26-16)19(23)25-10-18(22)20-12(2)15-4-3-7-24-15/h3-9,12H,10H2,1-2H3,(H,20,22)/t12-/m0/s1. The number of hydrogen-bond donors (Lipinski definition) is 1. The summed E-state index contributed by atoms with van der Waals surface area (Å²) in [7, 11) is 0. The van der Waals surface area contributed by atoms with Crippen LogP contribution >= 0.6 is 0 Å². The van der Waals surface area contributed by atoms with Gasteiger partial charge in [0.2, 0.25) is 5.76 Å². The van der Waals surface area contributed by atoms with Gasteiger partial charge in [-0.2, -0.15) is 0 Å². The van der Waals surface area contributed by atoms with Gasteiger partial charge in [0.15, 0.2) is 12.0 Å². The normalized spacial score (nSPS) is 11.9. The van der Waals surface area contributed by atoms with E-state index in [0.717, 1.165) is 11.6 Å². The summed E-state index contributed by atoms with van der Waals surface area (Å²) >= 11 is 0. The summed E-state index contributed by atoms with van der Waals surface area (Å²) < 4.78 is 15.5. The van der Waals surface area contributed by atoms with E-state index in [4.69, 9.17) is 13.6 Å². The van der Waals surface area contributed by atoms with E-state index in [1.54, 1.807) is 37.3 Å². The van der Waals surface area contributed by atoms with Crippen LogP contribution in [-0.2, 0) is 9.53 Å². The van der Waals surface area contributed by atoms with Gasteiger partial charge in [-0.3, -0.25) is 9.59 Å². The maximum absolute atomic E-state index is 12.1. The van der Waals surface area contributed by atoms with Gasteiger partial charge in [0.25, 0.3) is 5.91 Å². The Morgan fingerprint density at radius 3 is 2.77 bits per heavy atom. The highest BCUT2D eigenvalue weighted by Crippen LogP contribution is 2.15. The summed E-state index contributed by atoms with van der Waals surface area (Å²) in [6.45, 7) is 3.09. The number of fused-ring (bicyclic) bond motifs is 1. The Morgan fingerprint density at radius 2 is 2.04 bits per heavy atom. The quantitative estimate of drug-likeness (QED) is 0.707. The van der Waals surface area contributed by atoms with Crippen LogP contribution < -0.4 is 10.7 Å². The van der Waals surface area contributed by atoms with Gasteiger partial charge in [0.1, 0.15) is 11.3 Å². The molecule has 0 radical (unpaired) electrons. The molecule has 0 aliphatic carbocycles. The van der Waals surface area contributed by atoms with E-state index in [0.29, 0.717) is 11.1 Å². The van der Waals surface area contributed by atoms with E-state index >= 15 is 0 Å². The maximum Gasteiger partial charge on any atom is 0.374 e. The number of furan rings is 1. The molecule has 3 aromatic rings. The number of ether oxygens (including phenoxy) is 1. The second-order valence-corrected chi connectivity index (χ2v) is 5.86. The molecule has 0 fully saturated rings. The van der Waals surface area contributed by atoms with Gasteiger partial charge in [0, 0.05) is 6.07 Å². The van der Waals surface area contributed by atoms with Crippen molar-refractivity contribution in [3.05, 3.63) is 70.0 Å². The van der Waals surface area contributed by atoms with Gasteiger partial charge in [-0.05, 0) is 38.1 Å². The van der Waals surface area contributed by atoms with Crippen LogP contribution in [0.25, 0.3) is 11.0 Å². The number of nitrogens with one attached hydrogen (secondary N) is 1. The van der Waals surface area contributed by atoms with Crippen LogP contribution in [0.1, 0.15) is 34.8 Å². The second-order valence-electron chi connectivity index (χ2n) is 5.86. The number of rotatable bonds is 5. The molecule has 1 N–H and O–H groups in total. The minimum Gasteiger partial charge on any atom is -0.467 e. The van der Waals surface area contributed by atoms with Crippen molar-refractivity contribution in [3.8, 4) is 0 Å². The maximum atomic E-state index is 12.1. The Morgan fingerprint density at radius 1 is 1.23 bits per heavy atom. The molecule has 26 heavy (non-hydrogen) atoms. The lowest BCUT2D eigenvalue weighted by atomic mass is 10.1. The lowest BCUT2D eigenvalue weighted by Crippen LogP contribution is -2.31. The molecule has 0 aliphatic heterocycles. The van der Waals surface area contributed by atoms with E-state index in [1.165, 1.54) is 6.26 Å². The smallest absolute Gasteiger partial charge is 0.374 e. The molecule has 1 atom stereocenters. The highest BCUT2D eigenvalue weighted by atomic mass is 16.5. The van der Waals surface area contributed by atoms with Crippen LogP contribution in [0.5, 0.6) is 0 Å². The molecule has 7 nitrogen and oxygen atoms in total. The lowest BCUT2D eigenvalue weighted by Gasteiger charge is -2.11. The molecule has 2 aromatic heterocycles. The van der Waals surface area contributed by atoms with Crippen LogP contribution in [0.2, 0.25) is 0 Å². The zero-order chi connectivity index (χ0) is 18.7. The molecule has 2 heterocycles. The summed E-state index contributed by atoms with van der Waals surface area (Å²) in [6.07, 6.45) is 1.50. The van der Waals surface area contributed by atoms with Gasteiger partial charge in [0.05, 0.1) is 17.7 Å². The number of esters is 1. The van der Waals surface area contributed by atoms with E-state index in [-0.39, 0.29) is 22.8 Å². The first kappa shape index (κ1) is 17.5. The van der Waals surface area contributed by atoms with Crippen molar-refractivity contribution < 1.29 is 23.2 Å². The molecular weight excluding hydrogens is 338 g/mol. The minimum atomic E-state index is -0.884. The monoisotopic (exact) mass is 355 g/mol. The lowest BCUT2D eigenvalue weighted by molar-refractivity contribution is -0.125. The Bertz CT molecular complexity index is 1000. The zero-order valence-corrected chi connectivity index (χ0v) is 14.3. The average Bonchev–Trinajstić information content (AvgIpc) is 3.15. The molecule has 0 saturated carbocycles. The fraction of sp³-hybridized carbons (Fsp3) is 0.211. The van der Waals surface area contributed by atoms with E-state index < -0.39 is 18.5 Å². The number of benzene rings is 1. The molecule has 1 aromatic carbocycles. The highest BCUT2D eigenvalue weighted by Gasteiger charge is 2.17. The molecule has 0 aliphatic rings. The molecular formula is C19H17NO6. The summed E-state index contributed by atoms with van der Waals surface area (Å²) in [4.78, 5) is 36.1. The first-order chi connectivity index (χ1) is 12.4. The van der Waals surface area contributed by atoms with Crippen LogP contribution in [0, 0.1) is 6.92 Å². The number of carbonyl (C=O) groups excluding carboxylic acids is 2. The fourth-order valence-electron chi connectivity index (χ4n) is 2.46. The van der Waals surface area contributed by atoms with Crippen molar-refractivity contribution in [2.45, 2.75) is 19.9 Å². The first-order valence-electron chi connectivity index (χ1n) is 7.98. The molecule has 0 unspecified atom stereocenters. The average molecular weight is 355 g/mol. The predicted octanol–water partition coefficient (Wildman–Crippen LogP) is 2.73. The number of aryl methyl sites for hydroxylation is 1. The summed E-state index contributed by atoms with van der Waals surface area (Å²) in [6, 6.07) is 9.19. The largest absolute Gasteiger partial charge is 0.467 e. The zero-order valence-electron chi connectivity index (χ0n) is 14.3. The molecule has 134 valence electrons. The third-order valence-corrected chi connectivity index (χ3v) is 3.77. The van der Waals surface area contributed by atoms with E-state index in [2.05, 4.69) is 5.32 Å². The fourth-order valence-corrected chi connectivity index (χ4v) is 2.46. The summed E-state index contributed by atoms with van der Waals surface area (Å²) in [5.41, 5.74) is 0.839. The minimum absolute atomic E-state index is 0.252. The number of amides is 1. The van der Waals surface area contributed by atoms with E-state index in [1.807, 2.05) is 6.92 Å².